The molecule has 0 aliphatic heterocycles. The molecule has 1 amide bonds. The van der Waals surface area contributed by atoms with Gasteiger partial charge < -0.3 is 10.1 Å². The zero-order chi connectivity index (χ0) is 25.6. The quantitative estimate of drug-likeness (QED) is 0.229. The first kappa shape index (κ1) is 23.9. The number of fused-ring (bicyclic) bond motifs is 1. The molecule has 2 aromatic heterocycles. The summed E-state index contributed by atoms with van der Waals surface area (Å²) < 4.78 is 5.52. The van der Waals surface area contributed by atoms with Gasteiger partial charge in [0.1, 0.15) is 0 Å². The molecule has 1 N–H and O–H groups in total. The summed E-state index contributed by atoms with van der Waals surface area (Å²) in [5.41, 5.74) is 5.20. The van der Waals surface area contributed by atoms with Crippen molar-refractivity contribution in [1.29, 1.82) is 0 Å². The summed E-state index contributed by atoms with van der Waals surface area (Å²) in [6.45, 7) is 1.32. The van der Waals surface area contributed by atoms with Gasteiger partial charge in [0.15, 0.2) is 0 Å². The Labute approximate surface area is 215 Å². The van der Waals surface area contributed by atoms with E-state index in [1.54, 1.807) is 12.4 Å². The highest BCUT2D eigenvalue weighted by Gasteiger charge is 2.25. The molecular weight excluding hydrogens is 462 g/mol. The Bertz CT molecular complexity index is 1540. The lowest BCUT2D eigenvalue weighted by Crippen LogP contribution is -2.32. The second kappa shape index (κ2) is 10.8. The lowest BCUT2D eigenvalue weighted by molar-refractivity contribution is -0.147. The fourth-order valence-electron chi connectivity index (χ4n) is 4.39. The number of nitrogens with zero attached hydrogens (tertiary/aromatic N) is 2. The molecule has 0 saturated heterocycles. The highest BCUT2D eigenvalue weighted by Crippen LogP contribution is 2.32. The van der Waals surface area contributed by atoms with E-state index < -0.39 is 12.2 Å². The fourth-order valence-corrected chi connectivity index (χ4v) is 4.39. The van der Waals surface area contributed by atoms with E-state index >= 15 is 0 Å². The fraction of sp³-hybridized carbons (Fsp3) is 0.0968. The lowest BCUT2D eigenvalue weighted by atomic mass is 9.92. The topological polar surface area (TPSA) is 81.2 Å². The van der Waals surface area contributed by atoms with Gasteiger partial charge in [0.25, 0.3) is 5.91 Å². The van der Waals surface area contributed by atoms with E-state index in [9.17, 15) is 9.59 Å². The van der Waals surface area contributed by atoms with Gasteiger partial charge in [0, 0.05) is 42.3 Å². The van der Waals surface area contributed by atoms with Crippen LogP contribution in [0, 0.1) is 0 Å². The second-order valence-electron chi connectivity index (χ2n) is 8.61. The number of esters is 1. The average Bonchev–Trinajstić information content (AvgIpc) is 2.93. The Balaban J connectivity index is 1.69. The van der Waals surface area contributed by atoms with Crippen LogP contribution < -0.4 is 5.32 Å². The molecule has 0 bridgehead atoms. The molecule has 0 spiro atoms. The maximum absolute atomic E-state index is 14.1. The number of hydrogen-bond donors (Lipinski definition) is 1. The molecule has 6 nitrogen and oxygen atoms in total. The van der Waals surface area contributed by atoms with Crippen molar-refractivity contribution in [3.8, 4) is 11.3 Å². The van der Waals surface area contributed by atoms with Gasteiger partial charge in [0.2, 0.25) is 6.23 Å². The first-order chi connectivity index (χ1) is 18.1. The number of amides is 1. The molecule has 0 aliphatic rings. The van der Waals surface area contributed by atoms with Crippen LogP contribution in [-0.2, 0) is 16.0 Å². The van der Waals surface area contributed by atoms with E-state index in [2.05, 4.69) is 10.3 Å². The van der Waals surface area contributed by atoms with Crippen molar-refractivity contribution in [3.63, 3.8) is 0 Å². The molecule has 182 valence electrons. The Morgan fingerprint density at radius 1 is 0.865 bits per heavy atom. The van der Waals surface area contributed by atoms with E-state index in [1.165, 1.54) is 6.92 Å². The molecule has 0 radical (unpaired) electrons. The standard InChI is InChI=1S/C31H25N3O3/c1-21(35)37-31(24-14-6-3-7-15-24)34-30(36)28-25-16-8-9-17-27(25)33-29(23-12-4-2-5-13-23)26(28)19-22-11-10-18-32-20-22/h2-18,20,31H,19H2,1H3,(H,34,36). The van der Waals surface area contributed by atoms with Crippen molar-refractivity contribution in [2.75, 3.05) is 0 Å². The van der Waals surface area contributed by atoms with Crippen molar-refractivity contribution < 1.29 is 14.3 Å². The first-order valence-corrected chi connectivity index (χ1v) is 12.0. The van der Waals surface area contributed by atoms with Crippen LogP contribution in [0.3, 0.4) is 0 Å². The van der Waals surface area contributed by atoms with Gasteiger partial charge >= 0.3 is 5.97 Å². The number of ether oxygens (including phenoxy) is 1. The number of pyridine rings is 2. The van der Waals surface area contributed by atoms with E-state index in [0.29, 0.717) is 28.5 Å². The van der Waals surface area contributed by atoms with E-state index in [0.717, 1.165) is 22.4 Å². The van der Waals surface area contributed by atoms with Gasteiger partial charge in [-0.15, -0.1) is 0 Å². The summed E-state index contributed by atoms with van der Waals surface area (Å²) in [4.78, 5) is 35.2. The highest BCUT2D eigenvalue weighted by atomic mass is 16.6. The number of para-hydroxylation sites is 1. The van der Waals surface area contributed by atoms with Crippen molar-refractivity contribution in [2.24, 2.45) is 0 Å². The zero-order valence-electron chi connectivity index (χ0n) is 20.3. The summed E-state index contributed by atoms with van der Waals surface area (Å²) in [6, 6.07) is 30.4. The minimum absolute atomic E-state index is 0.357. The summed E-state index contributed by atoms with van der Waals surface area (Å²) in [5.74, 6) is -0.848. The molecule has 37 heavy (non-hydrogen) atoms. The third-order valence-electron chi connectivity index (χ3n) is 6.02. The van der Waals surface area contributed by atoms with Crippen molar-refractivity contribution in [2.45, 2.75) is 19.6 Å². The molecular formula is C31H25N3O3. The predicted molar refractivity (Wildman–Crippen MR) is 143 cm³/mol. The van der Waals surface area contributed by atoms with E-state index in [1.807, 2.05) is 97.1 Å². The lowest BCUT2D eigenvalue weighted by Gasteiger charge is -2.22. The van der Waals surface area contributed by atoms with Gasteiger partial charge in [-0.2, -0.15) is 0 Å². The number of carbonyl (C=O) groups excluding carboxylic acids is 2. The van der Waals surface area contributed by atoms with Crippen molar-refractivity contribution in [1.82, 2.24) is 15.3 Å². The molecule has 3 aromatic carbocycles. The van der Waals surface area contributed by atoms with Crippen LogP contribution in [0.5, 0.6) is 0 Å². The molecule has 0 aliphatic carbocycles. The third-order valence-corrected chi connectivity index (χ3v) is 6.02. The Morgan fingerprint density at radius 3 is 2.27 bits per heavy atom. The maximum Gasteiger partial charge on any atom is 0.304 e. The number of carbonyl (C=O) groups is 2. The Kier molecular flexibility index (Phi) is 6.99. The minimum atomic E-state index is -0.940. The summed E-state index contributed by atoms with van der Waals surface area (Å²) in [6.07, 6.45) is 3.02. The van der Waals surface area contributed by atoms with E-state index in [-0.39, 0.29) is 5.91 Å². The largest absolute Gasteiger partial charge is 0.437 e. The molecule has 5 rings (SSSR count). The SMILES string of the molecule is CC(=O)OC(NC(=O)c1c(Cc2cccnc2)c(-c2ccccc2)nc2ccccc12)c1ccccc1. The maximum atomic E-state index is 14.1. The van der Waals surface area contributed by atoms with Crippen LogP contribution in [0.25, 0.3) is 22.2 Å². The first-order valence-electron chi connectivity index (χ1n) is 12.0. The van der Waals surface area contributed by atoms with Crippen LogP contribution in [0.2, 0.25) is 0 Å². The van der Waals surface area contributed by atoms with Gasteiger partial charge in [-0.25, -0.2) is 4.98 Å². The normalized spacial score (nSPS) is 11.6. The van der Waals surface area contributed by atoms with Crippen molar-refractivity contribution in [3.05, 3.63) is 132 Å². The van der Waals surface area contributed by atoms with E-state index in [4.69, 9.17) is 9.72 Å². The van der Waals surface area contributed by atoms with Gasteiger partial charge in [0.05, 0.1) is 16.8 Å². The van der Waals surface area contributed by atoms with Crippen LogP contribution in [0.1, 0.15) is 40.2 Å². The summed E-state index contributed by atoms with van der Waals surface area (Å²) in [5, 5.41) is 3.67. The Hall–Kier alpha value is -4.84. The molecule has 0 fully saturated rings. The van der Waals surface area contributed by atoms with Crippen LogP contribution >= 0.6 is 0 Å². The number of nitrogens with one attached hydrogen (secondary N) is 1. The number of hydrogen-bond acceptors (Lipinski definition) is 5. The zero-order valence-corrected chi connectivity index (χ0v) is 20.3. The highest BCUT2D eigenvalue weighted by molar-refractivity contribution is 6.09. The molecule has 1 atom stereocenters. The third kappa shape index (κ3) is 5.38. The van der Waals surface area contributed by atoms with Crippen molar-refractivity contribution >= 4 is 22.8 Å². The van der Waals surface area contributed by atoms with Crippen LogP contribution in [-0.4, -0.2) is 21.8 Å². The number of rotatable bonds is 7. The second-order valence-corrected chi connectivity index (χ2v) is 8.61. The monoisotopic (exact) mass is 487 g/mol. The molecule has 6 heteroatoms. The Morgan fingerprint density at radius 2 is 1.57 bits per heavy atom. The molecule has 1 unspecified atom stereocenters. The average molecular weight is 488 g/mol. The summed E-state index contributed by atoms with van der Waals surface area (Å²) >= 11 is 0. The number of aromatic nitrogens is 2. The van der Waals surface area contributed by atoms with Crippen LogP contribution in [0.4, 0.5) is 0 Å². The predicted octanol–water partition coefficient (Wildman–Crippen LogP) is 5.88. The smallest absolute Gasteiger partial charge is 0.304 e. The van der Waals surface area contributed by atoms with Crippen LogP contribution in [0.15, 0.2) is 109 Å². The molecule has 0 saturated carbocycles. The van der Waals surface area contributed by atoms with Gasteiger partial charge in [-0.1, -0.05) is 84.9 Å². The molecule has 5 aromatic rings. The summed E-state index contributed by atoms with van der Waals surface area (Å²) in [7, 11) is 0. The van der Waals surface area contributed by atoms with Gasteiger partial charge in [-0.05, 0) is 23.3 Å². The number of benzene rings is 3. The minimum Gasteiger partial charge on any atom is -0.437 e. The van der Waals surface area contributed by atoms with Gasteiger partial charge in [-0.3, -0.25) is 14.6 Å². The molecule has 2 heterocycles.